The van der Waals surface area contributed by atoms with Crippen LogP contribution in [0.4, 0.5) is 5.69 Å². The fourth-order valence-corrected chi connectivity index (χ4v) is 4.28. The molecule has 1 amide bonds. The Morgan fingerprint density at radius 1 is 1.24 bits per heavy atom. The maximum Gasteiger partial charge on any atom is 0.266 e. The summed E-state index contributed by atoms with van der Waals surface area (Å²) in [5.41, 5.74) is 0.464. The van der Waals surface area contributed by atoms with E-state index in [-0.39, 0.29) is 17.4 Å². The molecule has 1 N–H and O–H groups in total. The molecule has 25 heavy (non-hydrogen) atoms. The van der Waals surface area contributed by atoms with Gasteiger partial charge in [0, 0.05) is 45.3 Å². The Kier molecular flexibility index (Phi) is 5.09. The highest BCUT2D eigenvalue weighted by Gasteiger charge is 2.32. The molecule has 0 aromatic carbocycles. The lowest BCUT2D eigenvalue weighted by molar-refractivity contribution is -0.137. The zero-order valence-electron chi connectivity index (χ0n) is 14.2. The molecule has 3 rings (SSSR count). The number of nitrogens with zero attached hydrogens (tertiary/aromatic N) is 4. The van der Waals surface area contributed by atoms with Crippen molar-refractivity contribution in [2.45, 2.75) is 12.8 Å². The summed E-state index contributed by atoms with van der Waals surface area (Å²) in [6, 6.07) is 1.49. The van der Waals surface area contributed by atoms with Gasteiger partial charge in [0.1, 0.15) is 0 Å². The Morgan fingerprint density at radius 3 is 2.60 bits per heavy atom. The molecule has 138 valence electrons. The number of aromatic nitrogens is 2. The van der Waals surface area contributed by atoms with E-state index in [2.05, 4.69) is 10.2 Å². The van der Waals surface area contributed by atoms with Gasteiger partial charge in [-0.3, -0.25) is 9.59 Å². The first-order valence-electron chi connectivity index (χ1n) is 8.38. The second-order valence-corrected chi connectivity index (χ2v) is 8.56. The molecular weight excluding hydrogens is 346 g/mol. The second-order valence-electron chi connectivity index (χ2n) is 6.58. The Balaban J connectivity index is 1.62. The number of aromatic amines is 1. The molecule has 0 bridgehead atoms. The third kappa shape index (κ3) is 4.18. The average Bonchev–Trinajstić information content (AvgIpc) is 2.60. The van der Waals surface area contributed by atoms with Crippen LogP contribution in [0.2, 0.25) is 0 Å². The molecular formula is C15H23N5O4S. The number of hydrogen-bond acceptors (Lipinski definition) is 6. The molecule has 2 aliphatic heterocycles. The minimum absolute atomic E-state index is 0.0654. The zero-order chi connectivity index (χ0) is 18.0. The molecule has 0 aliphatic carbocycles. The second kappa shape index (κ2) is 7.12. The Morgan fingerprint density at radius 2 is 1.96 bits per heavy atom. The molecule has 1 aromatic rings. The molecule has 0 spiro atoms. The lowest BCUT2D eigenvalue weighted by Crippen LogP contribution is -2.53. The van der Waals surface area contributed by atoms with E-state index in [0.29, 0.717) is 32.7 Å². The first kappa shape index (κ1) is 17.9. The van der Waals surface area contributed by atoms with Gasteiger partial charge >= 0.3 is 0 Å². The summed E-state index contributed by atoms with van der Waals surface area (Å²) in [6.45, 7) is 2.88. The smallest absolute Gasteiger partial charge is 0.266 e. The molecule has 2 fully saturated rings. The quantitative estimate of drug-likeness (QED) is 0.739. The van der Waals surface area contributed by atoms with Crippen molar-refractivity contribution in [1.29, 1.82) is 0 Å². The third-order valence-corrected chi connectivity index (χ3v) is 6.11. The summed E-state index contributed by atoms with van der Waals surface area (Å²) in [5.74, 6) is -0.0755. The molecule has 2 aliphatic rings. The Bertz CT molecular complexity index is 785. The Labute approximate surface area is 146 Å². The predicted molar refractivity (Wildman–Crippen MR) is 92.8 cm³/mol. The average molecular weight is 369 g/mol. The minimum Gasteiger partial charge on any atom is -0.369 e. The van der Waals surface area contributed by atoms with Crippen LogP contribution in [0.1, 0.15) is 12.8 Å². The summed E-state index contributed by atoms with van der Waals surface area (Å²) in [6.07, 6.45) is 4.46. The largest absolute Gasteiger partial charge is 0.369 e. The van der Waals surface area contributed by atoms with E-state index in [4.69, 9.17) is 0 Å². The summed E-state index contributed by atoms with van der Waals surface area (Å²) in [7, 11) is -3.20. The van der Waals surface area contributed by atoms with Gasteiger partial charge in [0.05, 0.1) is 24.1 Å². The molecule has 3 heterocycles. The summed E-state index contributed by atoms with van der Waals surface area (Å²) < 4.78 is 24.6. The van der Waals surface area contributed by atoms with Crippen molar-refractivity contribution in [3.05, 3.63) is 22.6 Å². The van der Waals surface area contributed by atoms with Crippen molar-refractivity contribution in [3.63, 3.8) is 0 Å². The van der Waals surface area contributed by atoms with Gasteiger partial charge in [0.15, 0.2) is 0 Å². The van der Waals surface area contributed by atoms with Crippen LogP contribution in [0.3, 0.4) is 0 Å². The summed E-state index contributed by atoms with van der Waals surface area (Å²) in [5, 5.41) is 6.17. The van der Waals surface area contributed by atoms with Crippen molar-refractivity contribution < 1.29 is 13.2 Å². The molecule has 1 unspecified atom stereocenters. The van der Waals surface area contributed by atoms with E-state index in [1.54, 1.807) is 11.1 Å². The van der Waals surface area contributed by atoms with Crippen LogP contribution in [-0.4, -0.2) is 79.3 Å². The van der Waals surface area contributed by atoms with Gasteiger partial charge in [-0.15, -0.1) is 0 Å². The first-order valence-corrected chi connectivity index (χ1v) is 10.2. The van der Waals surface area contributed by atoms with Crippen LogP contribution in [0.5, 0.6) is 0 Å². The van der Waals surface area contributed by atoms with Gasteiger partial charge in [-0.25, -0.2) is 13.5 Å². The van der Waals surface area contributed by atoms with E-state index in [1.165, 1.54) is 16.6 Å². The molecule has 9 nitrogen and oxygen atoms in total. The van der Waals surface area contributed by atoms with Crippen LogP contribution in [-0.2, 0) is 14.8 Å². The number of nitrogens with one attached hydrogen (secondary N) is 1. The fourth-order valence-electron chi connectivity index (χ4n) is 3.45. The number of anilines is 1. The third-order valence-electron chi connectivity index (χ3n) is 4.81. The van der Waals surface area contributed by atoms with Crippen molar-refractivity contribution in [2.24, 2.45) is 5.92 Å². The number of carbonyl (C=O) groups excluding carboxylic acids is 1. The highest BCUT2D eigenvalue weighted by atomic mass is 32.2. The number of carbonyl (C=O) groups is 1. The van der Waals surface area contributed by atoms with Crippen LogP contribution in [0, 0.1) is 5.92 Å². The number of amides is 1. The molecule has 1 aromatic heterocycles. The van der Waals surface area contributed by atoms with Gasteiger partial charge in [0.2, 0.25) is 15.9 Å². The lowest BCUT2D eigenvalue weighted by Gasteiger charge is -2.38. The van der Waals surface area contributed by atoms with E-state index < -0.39 is 10.0 Å². The highest BCUT2D eigenvalue weighted by Crippen LogP contribution is 2.23. The standard InChI is InChI=1S/C15H23N5O4S/c1-25(23,24)20-7-5-18(6-8-20)15(22)12-3-2-4-19(11-12)13-9-14(21)17-16-10-13/h9-10,12H,2-8,11H2,1H3,(H,17,21). The van der Waals surface area contributed by atoms with Crippen LogP contribution >= 0.6 is 0 Å². The number of hydrogen-bond donors (Lipinski definition) is 1. The highest BCUT2D eigenvalue weighted by molar-refractivity contribution is 7.88. The van der Waals surface area contributed by atoms with Crippen LogP contribution < -0.4 is 10.5 Å². The topological polar surface area (TPSA) is 107 Å². The fraction of sp³-hybridized carbons (Fsp3) is 0.667. The molecule has 1 atom stereocenters. The lowest BCUT2D eigenvalue weighted by atomic mass is 9.96. The van der Waals surface area contributed by atoms with Crippen LogP contribution in [0.15, 0.2) is 17.1 Å². The van der Waals surface area contributed by atoms with Crippen molar-refractivity contribution in [1.82, 2.24) is 19.4 Å². The number of piperidine rings is 1. The predicted octanol–water partition coefficient (Wildman–Crippen LogP) is -0.910. The molecule has 0 radical (unpaired) electrons. The van der Waals surface area contributed by atoms with Gasteiger partial charge in [-0.2, -0.15) is 9.40 Å². The minimum atomic E-state index is -3.20. The number of H-pyrrole nitrogens is 1. The van der Waals surface area contributed by atoms with Crippen molar-refractivity contribution >= 4 is 21.6 Å². The number of piperazine rings is 1. The summed E-state index contributed by atoms with van der Waals surface area (Å²) >= 11 is 0. The van der Waals surface area contributed by atoms with E-state index in [1.807, 2.05) is 4.90 Å². The summed E-state index contributed by atoms with van der Waals surface area (Å²) in [4.78, 5) is 28.0. The van der Waals surface area contributed by atoms with E-state index in [0.717, 1.165) is 25.1 Å². The van der Waals surface area contributed by atoms with Gasteiger partial charge in [-0.1, -0.05) is 0 Å². The molecule has 10 heteroatoms. The molecule has 0 saturated carbocycles. The molecule has 2 saturated heterocycles. The number of sulfonamides is 1. The van der Waals surface area contributed by atoms with Crippen molar-refractivity contribution in [2.75, 3.05) is 50.4 Å². The van der Waals surface area contributed by atoms with Crippen molar-refractivity contribution in [3.8, 4) is 0 Å². The van der Waals surface area contributed by atoms with Gasteiger partial charge in [-0.05, 0) is 12.8 Å². The normalized spacial score (nSPS) is 22.8. The zero-order valence-corrected chi connectivity index (χ0v) is 15.0. The number of rotatable bonds is 3. The van der Waals surface area contributed by atoms with Gasteiger partial charge in [0.25, 0.3) is 5.56 Å². The van der Waals surface area contributed by atoms with E-state index in [9.17, 15) is 18.0 Å². The first-order chi connectivity index (χ1) is 11.8. The van der Waals surface area contributed by atoms with Crippen LogP contribution in [0.25, 0.3) is 0 Å². The SMILES string of the molecule is CS(=O)(=O)N1CCN(C(=O)C2CCCN(c3cn[nH]c(=O)c3)C2)CC1. The monoisotopic (exact) mass is 369 g/mol. The van der Waals surface area contributed by atoms with E-state index >= 15 is 0 Å². The van der Waals surface area contributed by atoms with Gasteiger partial charge < -0.3 is 9.80 Å². The maximum atomic E-state index is 12.8. The maximum absolute atomic E-state index is 12.8. The Hall–Kier alpha value is -1.94.